The number of nitrogens with zero attached hydrogens (tertiary/aromatic N) is 2. The Kier molecular flexibility index (Phi) is 5.96. The number of nitrogens with one attached hydrogen (secondary N) is 1. The van der Waals surface area contributed by atoms with E-state index in [1.54, 1.807) is 0 Å². The van der Waals surface area contributed by atoms with Gasteiger partial charge in [0.15, 0.2) is 0 Å². The fourth-order valence-electron chi connectivity index (χ4n) is 4.17. The van der Waals surface area contributed by atoms with Crippen molar-refractivity contribution in [3.63, 3.8) is 0 Å². The Labute approximate surface area is 185 Å². The van der Waals surface area contributed by atoms with Gasteiger partial charge in [-0.05, 0) is 65.5 Å². The lowest BCUT2D eigenvalue weighted by molar-refractivity contribution is 0.0518. The molecule has 0 spiro atoms. The number of hydrogen-bond acceptors (Lipinski definition) is 5. The van der Waals surface area contributed by atoms with Gasteiger partial charge in [-0.3, -0.25) is 9.36 Å². The monoisotopic (exact) mass is 449 g/mol. The van der Waals surface area contributed by atoms with Crippen molar-refractivity contribution in [2.75, 3.05) is 13.2 Å². The SMILES string of the molecule is C[C@@H](N[S@+]([O-])C(C)(C)C)c1cc(F)cc2c(=O)n(C3CC3)c(C3(C)CCOCC3)nc12. The summed E-state index contributed by atoms with van der Waals surface area (Å²) >= 11 is -1.34. The van der Waals surface area contributed by atoms with E-state index in [0.29, 0.717) is 24.3 Å². The highest BCUT2D eigenvalue weighted by Gasteiger charge is 2.39. The molecule has 0 bridgehead atoms. The number of aromatic nitrogens is 2. The molecule has 1 N–H and O–H groups in total. The van der Waals surface area contributed by atoms with E-state index in [4.69, 9.17) is 9.72 Å². The molecule has 0 unspecified atom stereocenters. The minimum absolute atomic E-state index is 0.134. The summed E-state index contributed by atoms with van der Waals surface area (Å²) in [4.78, 5) is 18.6. The Morgan fingerprint density at radius 2 is 1.97 bits per heavy atom. The quantitative estimate of drug-likeness (QED) is 0.697. The first kappa shape index (κ1) is 22.7. The van der Waals surface area contributed by atoms with Crippen LogP contribution in [0.1, 0.15) is 83.8 Å². The summed E-state index contributed by atoms with van der Waals surface area (Å²) in [5.74, 6) is 0.289. The first-order valence-corrected chi connectivity index (χ1v) is 12.2. The number of halogens is 1. The number of hydrogen-bond donors (Lipinski definition) is 1. The first-order chi connectivity index (χ1) is 14.5. The van der Waals surface area contributed by atoms with Crippen LogP contribution in [0.3, 0.4) is 0 Å². The molecular formula is C23H32FN3O3S. The molecule has 170 valence electrons. The van der Waals surface area contributed by atoms with Crippen molar-refractivity contribution in [2.45, 2.75) is 82.5 Å². The van der Waals surface area contributed by atoms with Gasteiger partial charge in [0.25, 0.3) is 5.56 Å². The smallest absolute Gasteiger partial charge is 0.261 e. The van der Waals surface area contributed by atoms with Crippen LogP contribution in [0.2, 0.25) is 0 Å². The van der Waals surface area contributed by atoms with Gasteiger partial charge in [0.2, 0.25) is 0 Å². The van der Waals surface area contributed by atoms with E-state index in [1.807, 2.05) is 32.3 Å². The lowest BCUT2D eigenvalue weighted by Gasteiger charge is -2.35. The van der Waals surface area contributed by atoms with E-state index in [-0.39, 0.29) is 22.4 Å². The fraction of sp³-hybridized carbons (Fsp3) is 0.652. The summed E-state index contributed by atoms with van der Waals surface area (Å²) in [6.45, 7) is 10.9. The maximum atomic E-state index is 14.6. The lowest BCUT2D eigenvalue weighted by atomic mass is 9.81. The molecule has 1 aromatic heterocycles. The maximum Gasteiger partial charge on any atom is 0.261 e. The van der Waals surface area contributed by atoms with Crippen molar-refractivity contribution in [1.29, 1.82) is 0 Å². The van der Waals surface area contributed by atoms with E-state index >= 15 is 0 Å². The second-order valence-electron chi connectivity index (χ2n) is 10.1. The normalized spacial score (nSPS) is 21.3. The average molecular weight is 450 g/mol. The van der Waals surface area contributed by atoms with Crippen LogP contribution in [0.15, 0.2) is 16.9 Å². The molecular weight excluding hydrogens is 417 g/mol. The fourth-order valence-corrected chi connectivity index (χ4v) is 4.97. The van der Waals surface area contributed by atoms with Crippen LogP contribution in [0.5, 0.6) is 0 Å². The Balaban J connectivity index is 1.89. The van der Waals surface area contributed by atoms with E-state index in [0.717, 1.165) is 31.5 Å². The van der Waals surface area contributed by atoms with Crippen molar-refractivity contribution >= 4 is 22.3 Å². The molecule has 2 aromatic rings. The third-order valence-corrected chi connectivity index (χ3v) is 8.03. The molecule has 31 heavy (non-hydrogen) atoms. The van der Waals surface area contributed by atoms with Crippen LogP contribution in [0.4, 0.5) is 4.39 Å². The largest absolute Gasteiger partial charge is 0.598 e. The molecule has 2 fully saturated rings. The van der Waals surface area contributed by atoms with Crippen LogP contribution in [-0.4, -0.2) is 32.1 Å². The summed E-state index contributed by atoms with van der Waals surface area (Å²) < 4.78 is 37.2. The van der Waals surface area contributed by atoms with E-state index in [9.17, 15) is 13.7 Å². The second kappa shape index (κ2) is 8.14. The minimum atomic E-state index is -1.34. The molecule has 2 aliphatic rings. The predicted molar refractivity (Wildman–Crippen MR) is 121 cm³/mol. The summed E-state index contributed by atoms with van der Waals surface area (Å²) in [5, 5.41) is 0.288. The Morgan fingerprint density at radius 1 is 1.32 bits per heavy atom. The van der Waals surface area contributed by atoms with Crippen molar-refractivity contribution in [2.24, 2.45) is 0 Å². The summed E-state index contributed by atoms with van der Waals surface area (Å²) in [6, 6.07) is 2.40. The molecule has 1 aromatic carbocycles. The molecule has 2 atom stereocenters. The van der Waals surface area contributed by atoms with Crippen LogP contribution in [-0.2, 0) is 21.5 Å². The average Bonchev–Trinajstić information content (AvgIpc) is 3.52. The highest BCUT2D eigenvalue weighted by atomic mass is 32.2. The van der Waals surface area contributed by atoms with Gasteiger partial charge in [-0.1, -0.05) is 6.92 Å². The molecule has 2 heterocycles. The first-order valence-electron chi connectivity index (χ1n) is 11.0. The molecule has 1 aliphatic heterocycles. The maximum absolute atomic E-state index is 14.6. The van der Waals surface area contributed by atoms with E-state index < -0.39 is 28.0 Å². The summed E-state index contributed by atoms with van der Waals surface area (Å²) in [6.07, 6.45) is 3.46. The van der Waals surface area contributed by atoms with Crippen LogP contribution in [0, 0.1) is 5.82 Å². The van der Waals surface area contributed by atoms with Crippen LogP contribution < -0.4 is 10.3 Å². The van der Waals surface area contributed by atoms with Gasteiger partial charge in [0.1, 0.15) is 16.4 Å². The number of fused-ring (bicyclic) bond motifs is 1. The second-order valence-corrected chi connectivity index (χ2v) is 12.1. The van der Waals surface area contributed by atoms with Crippen molar-refractivity contribution in [3.8, 4) is 0 Å². The molecule has 1 saturated heterocycles. The van der Waals surface area contributed by atoms with Gasteiger partial charge in [-0.2, -0.15) is 0 Å². The molecule has 0 amide bonds. The van der Waals surface area contributed by atoms with Gasteiger partial charge >= 0.3 is 0 Å². The van der Waals surface area contributed by atoms with Gasteiger partial charge in [-0.15, -0.1) is 4.72 Å². The summed E-state index contributed by atoms with van der Waals surface area (Å²) in [7, 11) is 0. The number of benzene rings is 1. The van der Waals surface area contributed by atoms with Crippen molar-refractivity contribution in [1.82, 2.24) is 14.3 Å². The number of ether oxygens (including phenoxy) is 1. The van der Waals surface area contributed by atoms with Crippen molar-refractivity contribution < 1.29 is 13.7 Å². The Hall–Kier alpha value is -1.48. The third kappa shape index (κ3) is 4.40. The van der Waals surface area contributed by atoms with Crippen LogP contribution in [0.25, 0.3) is 10.9 Å². The number of rotatable bonds is 5. The van der Waals surface area contributed by atoms with Crippen molar-refractivity contribution in [3.05, 3.63) is 39.7 Å². The molecule has 6 nitrogen and oxygen atoms in total. The highest BCUT2D eigenvalue weighted by molar-refractivity contribution is 7.90. The third-order valence-electron chi connectivity index (χ3n) is 6.35. The zero-order valence-electron chi connectivity index (χ0n) is 19.0. The van der Waals surface area contributed by atoms with Gasteiger partial charge < -0.3 is 9.29 Å². The van der Waals surface area contributed by atoms with E-state index in [2.05, 4.69) is 11.6 Å². The van der Waals surface area contributed by atoms with Gasteiger partial charge in [0.05, 0.1) is 16.9 Å². The predicted octanol–water partition coefficient (Wildman–Crippen LogP) is 4.05. The Bertz CT molecular complexity index is 1040. The molecule has 1 aliphatic carbocycles. The zero-order chi connectivity index (χ0) is 22.6. The highest BCUT2D eigenvalue weighted by Crippen LogP contribution is 2.41. The van der Waals surface area contributed by atoms with E-state index in [1.165, 1.54) is 12.1 Å². The van der Waals surface area contributed by atoms with Gasteiger partial charge in [0, 0.05) is 41.6 Å². The zero-order valence-corrected chi connectivity index (χ0v) is 19.8. The summed E-state index contributed by atoms with van der Waals surface area (Å²) in [5.41, 5.74) is 0.603. The minimum Gasteiger partial charge on any atom is -0.598 e. The molecule has 4 rings (SSSR count). The standard InChI is InChI=1S/C23H32FN3O3S/c1-14(26-31(29)22(2,3)4)17-12-15(24)13-18-19(17)25-21(23(5)8-10-30-11-9-23)27(20(18)28)16-6-7-16/h12-14,16,26H,6-11H2,1-5H3/t14-,31-/m1/s1. The lowest BCUT2D eigenvalue weighted by Crippen LogP contribution is -2.41. The Morgan fingerprint density at radius 3 is 2.55 bits per heavy atom. The molecule has 8 heteroatoms. The molecule has 0 radical (unpaired) electrons. The van der Waals surface area contributed by atoms with Crippen LogP contribution >= 0.6 is 0 Å². The van der Waals surface area contributed by atoms with Gasteiger partial charge in [-0.25, -0.2) is 9.37 Å². The molecule has 1 saturated carbocycles. The topological polar surface area (TPSA) is 79.2 Å².